The van der Waals surface area contributed by atoms with E-state index in [0.717, 1.165) is 16.9 Å². The van der Waals surface area contributed by atoms with Gasteiger partial charge in [0.25, 0.3) is 0 Å². The Balaban J connectivity index is 2.42. The van der Waals surface area contributed by atoms with Crippen LogP contribution in [0.1, 0.15) is 17.2 Å². The first-order chi connectivity index (χ1) is 8.76. The van der Waals surface area contributed by atoms with Gasteiger partial charge in [-0.1, -0.05) is 23.7 Å². The van der Waals surface area contributed by atoms with Crippen LogP contribution < -0.4 is 16.0 Å². The van der Waals surface area contributed by atoms with Crippen LogP contribution in [-0.2, 0) is 0 Å². The number of halogens is 1. The molecule has 1 atom stereocenters. The van der Waals surface area contributed by atoms with Crippen molar-refractivity contribution in [3.63, 3.8) is 0 Å². The Morgan fingerprint density at radius 1 is 1.39 bits per heavy atom. The molecule has 4 nitrogen and oxygen atoms in total. The molecule has 0 bridgehead atoms. The summed E-state index contributed by atoms with van der Waals surface area (Å²) < 4.78 is 5.20. The number of aromatic nitrogens is 1. The van der Waals surface area contributed by atoms with Gasteiger partial charge in [-0.25, -0.2) is 5.43 Å². The van der Waals surface area contributed by atoms with Gasteiger partial charge in [0, 0.05) is 12.4 Å². The minimum absolute atomic E-state index is 0.199. The molecule has 0 spiro atoms. The molecule has 0 aliphatic carbocycles. The van der Waals surface area contributed by atoms with Gasteiger partial charge in [0.05, 0.1) is 18.2 Å². The Bertz CT molecular complexity index is 533. The molecule has 0 aliphatic rings. The molecule has 3 N–H and O–H groups in total. The van der Waals surface area contributed by atoms with Gasteiger partial charge in [-0.3, -0.25) is 10.8 Å². The van der Waals surface area contributed by atoms with Gasteiger partial charge in [-0.15, -0.1) is 0 Å². The molecule has 0 aliphatic heterocycles. The average Bonchev–Trinajstić information content (AvgIpc) is 2.42. The maximum atomic E-state index is 6.13. The third-order valence-electron chi connectivity index (χ3n) is 2.71. The van der Waals surface area contributed by atoms with Crippen LogP contribution in [0.5, 0.6) is 5.75 Å². The largest absolute Gasteiger partial charge is 0.497 e. The van der Waals surface area contributed by atoms with Crippen molar-refractivity contribution in [3.05, 3.63) is 58.9 Å². The number of rotatable bonds is 4. The van der Waals surface area contributed by atoms with E-state index in [4.69, 9.17) is 22.2 Å². The summed E-state index contributed by atoms with van der Waals surface area (Å²) in [5, 5.41) is 0.572. The van der Waals surface area contributed by atoms with Crippen LogP contribution >= 0.6 is 11.6 Å². The van der Waals surface area contributed by atoms with Gasteiger partial charge < -0.3 is 4.74 Å². The lowest BCUT2D eigenvalue weighted by atomic mass is 10.00. The van der Waals surface area contributed by atoms with Gasteiger partial charge >= 0.3 is 0 Å². The van der Waals surface area contributed by atoms with Crippen molar-refractivity contribution < 1.29 is 4.74 Å². The van der Waals surface area contributed by atoms with Gasteiger partial charge in [-0.2, -0.15) is 0 Å². The summed E-state index contributed by atoms with van der Waals surface area (Å²) in [5.41, 5.74) is 4.61. The first-order valence-corrected chi connectivity index (χ1v) is 5.83. The molecule has 0 amide bonds. The Hall–Kier alpha value is -1.62. The van der Waals surface area contributed by atoms with Gasteiger partial charge in [-0.05, 0) is 29.3 Å². The lowest BCUT2D eigenvalue weighted by Crippen LogP contribution is -2.29. The highest BCUT2D eigenvalue weighted by Gasteiger charge is 2.15. The summed E-state index contributed by atoms with van der Waals surface area (Å²) in [6, 6.07) is 9.31. The predicted molar refractivity (Wildman–Crippen MR) is 71.4 cm³/mol. The first-order valence-electron chi connectivity index (χ1n) is 5.45. The maximum Gasteiger partial charge on any atom is 0.119 e. The molecule has 0 radical (unpaired) electrons. The third kappa shape index (κ3) is 2.61. The molecule has 0 saturated heterocycles. The van der Waals surface area contributed by atoms with E-state index in [2.05, 4.69) is 10.4 Å². The Morgan fingerprint density at radius 3 is 2.89 bits per heavy atom. The van der Waals surface area contributed by atoms with E-state index in [0.29, 0.717) is 5.02 Å². The van der Waals surface area contributed by atoms with Crippen LogP contribution in [0.25, 0.3) is 0 Å². The van der Waals surface area contributed by atoms with Crippen LogP contribution in [0.4, 0.5) is 0 Å². The molecule has 18 heavy (non-hydrogen) atoms. The number of hydrazine groups is 1. The maximum absolute atomic E-state index is 6.13. The van der Waals surface area contributed by atoms with Crippen molar-refractivity contribution in [2.24, 2.45) is 5.84 Å². The summed E-state index contributed by atoms with van der Waals surface area (Å²) in [6.45, 7) is 0. The van der Waals surface area contributed by atoms with Crippen LogP contribution in [0.2, 0.25) is 5.02 Å². The van der Waals surface area contributed by atoms with Gasteiger partial charge in [0.15, 0.2) is 0 Å². The molecule has 1 heterocycles. The Kier molecular flexibility index (Phi) is 4.15. The van der Waals surface area contributed by atoms with Crippen molar-refractivity contribution in [2.75, 3.05) is 7.11 Å². The van der Waals surface area contributed by atoms with Crippen LogP contribution in [0.3, 0.4) is 0 Å². The Labute approximate surface area is 111 Å². The molecular formula is C13H14ClN3O. The molecule has 1 aromatic heterocycles. The first kappa shape index (κ1) is 12.8. The van der Waals surface area contributed by atoms with E-state index in [-0.39, 0.29) is 6.04 Å². The number of nitrogens with two attached hydrogens (primary N) is 1. The number of hydrogen-bond donors (Lipinski definition) is 2. The molecule has 1 unspecified atom stereocenters. The van der Waals surface area contributed by atoms with E-state index < -0.39 is 0 Å². The van der Waals surface area contributed by atoms with Crippen molar-refractivity contribution in [1.82, 2.24) is 10.4 Å². The molecule has 2 aromatic rings. The number of pyridine rings is 1. The third-order valence-corrected chi connectivity index (χ3v) is 3.02. The lowest BCUT2D eigenvalue weighted by molar-refractivity contribution is 0.413. The number of benzene rings is 1. The molecular weight excluding hydrogens is 250 g/mol. The number of hydrogen-bond acceptors (Lipinski definition) is 4. The van der Waals surface area contributed by atoms with E-state index in [1.54, 1.807) is 19.5 Å². The standard InChI is InChI=1S/C13H14ClN3O/c1-18-10-4-2-3-9(7-10)13(17-15)11-5-6-16-8-12(11)14/h2-8,13,17H,15H2,1H3. The number of nitrogens with zero attached hydrogens (tertiary/aromatic N) is 1. The topological polar surface area (TPSA) is 60.2 Å². The van der Waals surface area contributed by atoms with Crippen LogP contribution in [-0.4, -0.2) is 12.1 Å². The number of nitrogens with one attached hydrogen (secondary N) is 1. The molecule has 94 valence electrons. The smallest absolute Gasteiger partial charge is 0.119 e. The fourth-order valence-electron chi connectivity index (χ4n) is 1.81. The van der Waals surface area contributed by atoms with E-state index in [1.165, 1.54) is 0 Å². The fourth-order valence-corrected chi connectivity index (χ4v) is 2.04. The second-order valence-electron chi connectivity index (χ2n) is 3.77. The van der Waals surface area contributed by atoms with E-state index in [9.17, 15) is 0 Å². The second-order valence-corrected chi connectivity index (χ2v) is 4.18. The zero-order valence-electron chi connectivity index (χ0n) is 9.93. The van der Waals surface area contributed by atoms with Gasteiger partial charge in [0.2, 0.25) is 0 Å². The minimum atomic E-state index is -0.199. The summed E-state index contributed by atoms with van der Waals surface area (Å²) >= 11 is 6.13. The fraction of sp³-hybridized carbons (Fsp3) is 0.154. The van der Waals surface area contributed by atoms with Crippen molar-refractivity contribution in [1.29, 1.82) is 0 Å². The summed E-state index contributed by atoms with van der Waals surface area (Å²) in [6.07, 6.45) is 3.28. The highest BCUT2D eigenvalue weighted by molar-refractivity contribution is 6.31. The molecule has 5 heteroatoms. The minimum Gasteiger partial charge on any atom is -0.497 e. The monoisotopic (exact) mass is 263 g/mol. The summed E-state index contributed by atoms with van der Waals surface area (Å²) in [7, 11) is 1.63. The molecule has 0 saturated carbocycles. The lowest BCUT2D eigenvalue weighted by Gasteiger charge is -2.18. The highest BCUT2D eigenvalue weighted by atomic mass is 35.5. The van der Waals surface area contributed by atoms with Crippen molar-refractivity contribution in [3.8, 4) is 5.75 Å². The zero-order valence-corrected chi connectivity index (χ0v) is 10.7. The second kappa shape index (κ2) is 5.82. The Morgan fingerprint density at radius 2 is 2.22 bits per heavy atom. The number of methoxy groups -OCH3 is 1. The molecule has 0 fully saturated rings. The van der Waals surface area contributed by atoms with Crippen LogP contribution in [0, 0.1) is 0 Å². The molecule has 1 aromatic carbocycles. The summed E-state index contributed by atoms with van der Waals surface area (Å²) in [4.78, 5) is 3.96. The number of ether oxygens (including phenoxy) is 1. The molecule has 2 rings (SSSR count). The average molecular weight is 264 g/mol. The van der Waals surface area contributed by atoms with Crippen LogP contribution in [0.15, 0.2) is 42.7 Å². The SMILES string of the molecule is COc1cccc(C(NN)c2ccncc2Cl)c1. The highest BCUT2D eigenvalue weighted by Crippen LogP contribution is 2.28. The predicted octanol–water partition coefficient (Wildman–Crippen LogP) is 2.30. The zero-order chi connectivity index (χ0) is 13.0. The summed E-state index contributed by atoms with van der Waals surface area (Å²) in [5.74, 6) is 6.40. The quantitative estimate of drug-likeness (QED) is 0.656. The van der Waals surface area contributed by atoms with Crippen molar-refractivity contribution in [2.45, 2.75) is 6.04 Å². The van der Waals surface area contributed by atoms with Gasteiger partial charge in [0.1, 0.15) is 5.75 Å². The van der Waals surface area contributed by atoms with E-state index in [1.807, 2.05) is 30.3 Å². The van der Waals surface area contributed by atoms with Crippen molar-refractivity contribution >= 4 is 11.6 Å². The van der Waals surface area contributed by atoms with E-state index >= 15 is 0 Å². The normalized spacial score (nSPS) is 12.2.